The zero-order chi connectivity index (χ0) is 36.3. The maximum absolute atomic E-state index is 12.5. The number of nitrogens with one attached hydrogen (secondary N) is 4. The van der Waals surface area contributed by atoms with Crippen molar-refractivity contribution in [2.75, 3.05) is 13.1 Å². The number of carbonyl (C=O) groups is 8. The molecule has 47 heavy (non-hydrogen) atoms. The number of carbonyl (C=O) groups excluding carboxylic acids is 4. The number of guanidine groups is 2. The van der Waals surface area contributed by atoms with Crippen molar-refractivity contribution in [2.24, 2.45) is 38.7 Å². The molecule has 0 aromatic heterocycles. The van der Waals surface area contributed by atoms with E-state index >= 15 is 0 Å². The fourth-order valence-corrected chi connectivity index (χ4v) is 3.62. The quantitative estimate of drug-likeness (QED) is 0.0272. The molecule has 0 radical (unpaired) electrons. The fourth-order valence-electron chi connectivity index (χ4n) is 3.62. The largest absolute Gasteiger partial charge is 0.480 e. The molecule has 0 spiro atoms. The molecule has 0 fully saturated rings. The van der Waals surface area contributed by atoms with Crippen molar-refractivity contribution in [3.05, 3.63) is 0 Å². The number of amides is 4. The van der Waals surface area contributed by atoms with E-state index in [-0.39, 0.29) is 50.7 Å². The van der Waals surface area contributed by atoms with Crippen LogP contribution in [0.1, 0.15) is 44.9 Å². The highest BCUT2D eigenvalue weighted by atomic mass is 16.4. The summed E-state index contributed by atoms with van der Waals surface area (Å²) >= 11 is 0. The third kappa shape index (κ3) is 18.6. The van der Waals surface area contributed by atoms with Crippen molar-refractivity contribution in [2.45, 2.75) is 75.2 Å². The topological polar surface area (TPSA) is 420 Å². The number of nitrogens with zero attached hydrogens (tertiary/aromatic N) is 2. The Balaban J connectivity index is 5.12. The normalized spacial score (nSPS) is 13.6. The van der Waals surface area contributed by atoms with Gasteiger partial charge in [-0.1, -0.05) is 0 Å². The van der Waals surface area contributed by atoms with E-state index in [0.29, 0.717) is 0 Å². The van der Waals surface area contributed by atoms with Crippen LogP contribution in [0.15, 0.2) is 9.98 Å². The van der Waals surface area contributed by atoms with E-state index in [1.54, 1.807) is 0 Å². The molecular weight excluding hydrogens is 634 g/mol. The summed E-state index contributed by atoms with van der Waals surface area (Å²) in [6, 6.07) is -8.37. The molecule has 0 aliphatic carbocycles. The molecule has 0 rings (SSSR count). The second-order valence-electron chi connectivity index (χ2n) is 9.89. The van der Waals surface area contributed by atoms with Crippen molar-refractivity contribution < 1.29 is 58.8 Å². The van der Waals surface area contributed by atoms with E-state index < -0.39 is 97.0 Å². The second-order valence-corrected chi connectivity index (χ2v) is 9.89. The lowest BCUT2D eigenvalue weighted by Gasteiger charge is -2.20. The van der Waals surface area contributed by atoms with Gasteiger partial charge in [0.15, 0.2) is 11.9 Å². The molecule has 0 aliphatic rings. The van der Waals surface area contributed by atoms with Gasteiger partial charge in [0.2, 0.25) is 23.6 Å². The van der Waals surface area contributed by atoms with Crippen molar-refractivity contribution in [1.82, 2.24) is 21.3 Å². The van der Waals surface area contributed by atoms with Gasteiger partial charge < -0.3 is 70.4 Å². The first-order chi connectivity index (χ1) is 21.8. The summed E-state index contributed by atoms with van der Waals surface area (Å²) in [5.74, 6) is -11.1. The van der Waals surface area contributed by atoms with Gasteiger partial charge in [-0.3, -0.25) is 29.2 Å². The first kappa shape index (κ1) is 41.3. The molecule has 0 aliphatic heterocycles. The highest BCUT2D eigenvalue weighted by Gasteiger charge is 2.31. The minimum Gasteiger partial charge on any atom is -0.480 e. The van der Waals surface area contributed by atoms with Crippen LogP contribution in [-0.2, 0) is 38.4 Å². The van der Waals surface area contributed by atoms with Gasteiger partial charge in [-0.2, -0.15) is 0 Å². The van der Waals surface area contributed by atoms with Crippen molar-refractivity contribution in [3.63, 3.8) is 0 Å². The Morgan fingerprint density at radius 2 is 0.830 bits per heavy atom. The second kappa shape index (κ2) is 21.1. The van der Waals surface area contributed by atoms with Crippen molar-refractivity contribution >= 4 is 59.4 Å². The number of aliphatic carboxylic acids is 4. The molecule has 4 amide bonds. The molecule has 23 heteroatoms. The van der Waals surface area contributed by atoms with E-state index in [4.69, 9.17) is 28.7 Å². The monoisotopic (exact) mass is 675 g/mol. The first-order valence-electron chi connectivity index (χ1n) is 13.8. The van der Waals surface area contributed by atoms with Crippen LogP contribution in [0.5, 0.6) is 0 Å². The Labute approximate surface area is 266 Å². The lowest BCUT2D eigenvalue weighted by Crippen LogP contribution is -2.53. The molecule has 0 aromatic carbocycles. The molecule has 18 N–H and O–H groups in total. The molecule has 23 nitrogen and oxygen atoms in total. The van der Waals surface area contributed by atoms with Crippen LogP contribution in [0, 0.1) is 0 Å². The summed E-state index contributed by atoms with van der Waals surface area (Å²) < 4.78 is 0. The van der Waals surface area contributed by atoms with Gasteiger partial charge in [0.05, 0.1) is 25.3 Å². The van der Waals surface area contributed by atoms with Gasteiger partial charge >= 0.3 is 23.9 Å². The van der Waals surface area contributed by atoms with Crippen LogP contribution < -0.4 is 49.9 Å². The van der Waals surface area contributed by atoms with Crippen LogP contribution in [0.3, 0.4) is 0 Å². The van der Waals surface area contributed by atoms with Gasteiger partial charge in [-0.25, -0.2) is 19.2 Å². The van der Waals surface area contributed by atoms with E-state index in [1.807, 2.05) is 10.6 Å². The maximum Gasteiger partial charge on any atom is 0.326 e. The number of hydrogen-bond donors (Lipinski definition) is 13. The zero-order valence-electron chi connectivity index (χ0n) is 25.1. The molecule has 0 saturated heterocycles. The van der Waals surface area contributed by atoms with E-state index in [1.165, 1.54) is 0 Å². The minimum atomic E-state index is -1.90. The molecule has 0 bridgehead atoms. The highest BCUT2D eigenvalue weighted by molar-refractivity contribution is 5.95. The van der Waals surface area contributed by atoms with E-state index in [0.717, 1.165) is 0 Å². The Bertz CT molecular complexity index is 1220. The van der Waals surface area contributed by atoms with E-state index in [2.05, 4.69) is 20.6 Å². The summed E-state index contributed by atoms with van der Waals surface area (Å²) in [6.45, 7) is 0.133. The molecule has 0 heterocycles. The fraction of sp³-hybridized carbons (Fsp3) is 0.583. The summed E-state index contributed by atoms with van der Waals surface area (Å²) in [4.78, 5) is 103. The molecule has 0 unspecified atom stereocenters. The Morgan fingerprint density at radius 3 is 1.17 bits per heavy atom. The third-order valence-corrected chi connectivity index (χ3v) is 5.93. The summed E-state index contributed by atoms with van der Waals surface area (Å²) in [7, 11) is 0. The summed E-state index contributed by atoms with van der Waals surface area (Å²) in [5.41, 5.74) is 26.3. The number of aliphatic imine (C=N–C) groups is 2. The SMILES string of the molecule is NC(N)=NCCC[C@H](NC(=O)C[C@H](NC(=O)C[C@H](N)C(=O)N[C@@H](CC(=O)N[C@@H](CCCN=C(N)N)C(=O)O)C(=O)O)C(=O)O)C(=O)O. The number of carboxylic acid groups (broad SMARTS) is 4. The lowest BCUT2D eigenvalue weighted by atomic mass is 10.1. The van der Waals surface area contributed by atoms with Gasteiger partial charge in [0.25, 0.3) is 0 Å². The molecule has 0 aromatic rings. The van der Waals surface area contributed by atoms with Crippen LogP contribution >= 0.6 is 0 Å². The summed E-state index contributed by atoms with van der Waals surface area (Å²) in [5, 5.41) is 45.6. The lowest BCUT2D eigenvalue weighted by molar-refractivity contribution is -0.145. The Hall–Kier alpha value is -5.74. The summed E-state index contributed by atoms with van der Waals surface area (Å²) in [6.07, 6.45) is -2.61. The van der Waals surface area contributed by atoms with Crippen LogP contribution in [0.25, 0.3) is 0 Å². The Kier molecular flexibility index (Phi) is 18.5. The van der Waals surface area contributed by atoms with Gasteiger partial charge in [-0.15, -0.1) is 0 Å². The van der Waals surface area contributed by atoms with Gasteiger partial charge in [0, 0.05) is 13.1 Å². The predicted octanol–water partition coefficient (Wildman–Crippen LogP) is -6.13. The van der Waals surface area contributed by atoms with Crippen molar-refractivity contribution in [1.29, 1.82) is 0 Å². The van der Waals surface area contributed by atoms with Gasteiger partial charge in [0.1, 0.15) is 24.2 Å². The Morgan fingerprint density at radius 1 is 0.511 bits per heavy atom. The number of hydrogen-bond acceptors (Lipinski definition) is 11. The molecular formula is C24H41N11O12. The first-order valence-corrected chi connectivity index (χ1v) is 13.8. The van der Waals surface area contributed by atoms with Crippen molar-refractivity contribution in [3.8, 4) is 0 Å². The average Bonchev–Trinajstić information content (AvgIpc) is 2.94. The number of carboxylic acids is 4. The third-order valence-electron chi connectivity index (χ3n) is 5.93. The maximum atomic E-state index is 12.5. The average molecular weight is 676 g/mol. The number of nitrogens with two attached hydrogens (primary N) is 5. The van der Waals surface area contributed by atoms with Crippen LogP contribution in [-0.4, -0.2) is 123 Å². The molecule has 0 saturated carbocycles. The van der Waals surface area contributed by atoms with Gasteiger partial charge in [-0.05, 0) is 25.7 Å². The highest BCUT2D eigenvalue weighted by Crippen LogP contribution is 2.04. The number of rotatable bonds is 23. The van der Waals surface area contributed by atoms with E-state index in [9.17, 15) is 58.8 Å². The molecule has 264 valence electrons. The van der Waals surface area contributed by atoms with Crippen LogP contribution in [0.2, 0.25) is 0 Å². The smallest absolute Gasteiger partial charge is 0.326 e. The standard InChI is InChI=1S/C24H41N11O12/c25-10(18(39)35-14(22(46)47)9-17(38)33-12(20(42)43)4-2-6-31-24(28)29)7-15(36)34-13(21(44)45)8-16(37)32-11(19(40)41)3-1-5-30-23(26)27/h10-14H,1-9,25H2,(H,32,37)(H,33,38)(H,34,36)(H,35,39)(H,40,41)(H,42,43)(H,44,45)(H,46,47)(H4,26,27,30)(H4,28,29,31)/t10-,11-,12-,13-,14-/m0/s1. The zero-order valence-corrected chi connectivity index (χ0v) is 25.1. The molecule has 5 atom stereocenters. The predicted molar refractivity (Wildman–Crippen MR) is 160 cm³/mol. The van der Waals surface area contributed by atoms with Crippen LogP contribution in [0.4, 0.5) is 0 Å². The minimum absolute atomic E-state index is 0.0651.